The molecule has 2 aromatic rings. The summed E-state index contributed by atoms with van der Waals surface area (Å²) in [4.78, 5) is 5.89. The van der Waals surface area contributed by atoms with Crippen LogP contribution in [0.5, 0.6) is 0 Å². The summed E-state index contributed by atoms with van der Waals surface area (Å²) in [5.74, 6) is 0. The van der Waals surface area contributed by atoms with Crippen molar-refractivity contribution in [1.82, 2.24) is 10.3 Å². The summed E-state index contributed by atoms with van der Waals surface area (Å²) in [5, 5.41) is 8.55. The molecule has 0 saturated heterocycles. The van der Waals surface area contributed by atoms with Crippen molar-refractivity contribution in [1.29, 1.82) is 0 Å². The maximum atomic E-state index is 4.65. The number of aryl methyl sites for hydroxylation is 1. The quantitative estimate of drug-likeness (QED) is 0.849. The molecule has 0 unspecified atom stereocenters. The van der Waals surface area contributed by atoms with E-state index in [1.54, 1.807) is 22.7 Å². The van der Waals surface area contributed by atoms with Crippen LogP contribution in [0.4, 0.5) is 0 Å². The van der Waals surface area contributed by atoms with E-state index >= 15 is 0 Å². The Morgan fingerprint density at radius 3 is 2.94 bits per heavy atom. The van der Waals surface area contributed by atoms with Crippen LogP contribution in [0, 0.1) is 0 Å². The van der Waals surface area contributed by atoms with E-state index in [2.05, 4.69) is 43.1 Å². The number of hydrogen-bond donors (Lipinski definition) is 1. The molecular weight excluding hydrogens is 304 g/mol. The van der Waals surface area contributed by atoms with Gasteiger partial charge >= 0.3 is 0 Å². The number of thiophene rings is 1. The summed E-state index contributed by atoms with van der Waals surface area (Å²) in [7, 11) is 1.98. The van der Waals surface area contributed by atoms with Crippen LogP contribution >= 0.6 is 38.6 Å². The summed E-state index contributed by atoms with van der Waals surface area (Å²) < 4.78 is 1.14. The Morgan fingerprint density at radius 1 is 1.38 bits per heavy atom. The molecule has 2 heterocycles. The highest BCUT2D eigenvalue weighted by Crippen LogP contribution is 2.32. The number of thiazole rings is 1. The van der Waals surface area contributed by atoms with Crippen molar-refractivity contribution < 1.29 is 0 Å². The average Bonchev–Trinajstić information content (AvgIpc) is 2.87. The highest BCUT2D eigenvalue weighted by atomic mass is 79.9. The highest BCUT2D eigenvalue weighted by Gasteiger charge is 2.06. The summed E-state index contributed by atoms with van der Waals surface area (Å²) in [6, 6.07) is 2.13. The van der Waals surface area contributed by atoms with Gasteiger partial charge in [-0.3, -0.25) is 0 Å². The Bertz CT molecular complexity index is 450. The minimum absolute atomic E-state index is 1.05. The molecule has 2 nitrogen and oxygen atoms in total. The van der Waals surface area contributed by atoms with Gasteiger partial charge in [0.1, 0.15) is 5.01 Å². The van der Waals surface area contributed by atoms with E-state index in [-0.39, 0.29) is 0 Å². The molecule has 86 valence electrons. The van der Waals surface area contributed by atoms with Gasteiger partial charge in [-0.15, -0.1) is 22.7 Å². The van der Waals surface area contributed by atoms with Crippen molar-refractivity contribution in [2.24, 2.45) is 0 Å². The van der Waals surface area contributed by atoms with Crippen molar-refractivity contribution in [2.75, 3.05) is 13.6 Å². The lowest BCUT2D eigenvalue weighted by molar-refractivity contribution is 0.718. The van der Waals surface area contributed by atoms with Crippen molar-refractivity contribution in [2.45, 2.75) is 12.8 Å². The fourth-order valence-corrected chi connectivity index (χ4v) is 3.77. The molecule has 2 rings (SSSR count). The number of rotatable bonds is 5. The van der Waals surface area contributed by atoms with Gasteiger partial charge in [0.25, 0.3) is 0 Å². The molecule has 0 spiro atoms. The third kappa shape index (κ3) is 3.13. The van der Waals surface area contributed by atoms with Gasteiger partial charge in [-0.2, -0.15) is 0 Å². The monoisotopic (exact) mass is 316 g/mol. The van der Waals surface area contributed by atoms with Gasteiger partial charge in [0, 0.05) is 15.2 Å². The van der Waals surface area contributed by atoms with Crippen LogP contribution < -0.4 is 5.32 Å². The zero-order valence-corrected chi connectivity index (χ0v) is 12.2. The molecule has 5 heteroatoms. The van der Waals surface area contributed by atoms with Crippen LogP contribution in [0.25, 0.3) is 9.88 Å². The normalized spacial score (nSPS) is 10.9. The predicted octanol–water partition coefficient (Wildman–Crippen LogP) is 3.79. The molecule has 2 aromatic heterocycles. The predicted molar refractivity (Wildman–Crippen MR) is 75.4 cm³/mol. The van der Waals surface area contributed by atoms with Gasteiger partial charge in [0.05, 0.1) is 10.6 Å². The number of nitrogens with one attached hydrogen (secondary N) is 1. The Balaban J connectivity index is 2.02. The smallest absolute Gasteiger partial charge is 0.133 e. The molecule has 0 fully saturated rings. The summed E-state index contributed by atoms with van der Waals surface area (Å²) in [6.07, 6.45) is 2.21. The number of halogens is 1. The molecule has 0 aliphatic heterocycles. The van der Waals surface area contributed by atoms with E-state index in [9.17, 15) is 0 Å². The van der Waals surface area contributed by atoms with E-state index in [0.717, 1.165) is 28.9 Å². The van der Waals surface area contributed by atoms with Crippen LogP contribution in [-0.2, 0) is 6.42 Å². The molecule has 0 atom stereocenters. The molecule has 0 radical (unpaired) electrons. The minimum atomic E-state index is 1.05. The third-order valence-corrected chi connectivity index (χ3v) is 4.94. The van der Waals surface area contributed by atoms with E-state index in [1.165, 1.54) is 10.6 Å². The van der Waals surface area contributed by atoms with Gasteiger partial charge in [0.2, 0.25) is 0 Å². The van der Waals surface area contributed by atoms with Gasteiger partial charge in [-0.1, -0.05) is 0 Å². The van der Waals surface area contributed by atoms with Crippen LogP contribution in [0.2, 0.25) is 0 Å². The zero-order valence-electron chi connectivity index (χ0n) is 9.00. The van der Waals surface area contributed by atoms with E-state index in [0.29, 0.717) is 0 Å². The Labute approximate surface area is 112 Å². The van der Waals surface area contributed by atoms with E-state index in [4.69, 9.17) is 0 Å². The zero-order chi connectivity index (χ0) is 11.4. The SMILES string of the molecule is CNCCCc1csc(-c2cc(Br)cs2)n1. The lowest BCUT2D eigenvalue weighted by atomic mass is 10.2. The van der Waals surface area contributed by atoms with Crippen LogP contribution in [0.1, 0.15) is 12.1 Å². The average molecular weight is 317 g/mol. The largest absolute Gasteiger partial charge is 0.320 e. The van der Waals surface area contributed by atoms with Crippen molar-refractivity contribution in [3.63, 3.8) is 0 Å². The van der Waals surface area contributed by atoms with Gasteiger partial charge in [0.15, 0.2) is 0 Å². The Morgan fingerprint density at radius 2 is 2.25 bits per heavy atom. The first kappa shape index (κ1) is 12.2. The maximum Gasteiger partial charge on any atom is 0.133 e. The number of nitrogens with zero attached hydrogens (tertiary/aromatic N) is 1. The molecular formula is C11H13BrN2S2. The Hall–Kier alpha value is -0.230. The van der Waals surface area contributed by atoms with Crippen molar-refractivity contribution in [3.05, 3.63) is 27.0 Å². The van der Waals surface area contributed by atoms with Gasteiger partial charge in [-0.05, 0) is 48.4 Å². The summed E-state index contributed by atoms with van der Waals surface area (Å²) in [6.45, 7) is 1.05. The maximum absolute atomic E-state index is 4.65. The van der Waals surface area contributed by atoms with Gasteiger partial charge < -0.3 is 5.32 Å². The summed E-state index contributed by atoms with van der Waals surface area (Å²) in [5.41, 5.74) is 1.21. The lowest BCUT2D eigenvalue weighted by Gasteiger charge is -1.95. The molecule has 0 bridgehead atoms. The standard InChI is InChI=1S/C11H13BrN2S2/c1-13-4-2-3-9-7-16-11(14-9)10-5-8(12)6-15-10/h5-7,13H,2-4H2,1H3. The topological polar surface area (TPSA) is 24.9 Å². The second kappa shape index (κ2) is 5.91. The van der Waals surface area contributed by atoms with E-state index in [1.807, 2.05) is 7.05 Å². The minimum Gasteiger partial charge on any atom is -0.320 e. The van der Waals surface area contributed by atoms with Crippen molar-refractivity contribution >= 4 is 38.6 Å². The number of hydrogen-bond acceptors (Lipinski definition) is 4. The molecule has 0 saturated carbocycles. The van der Waals surface area contributed by atoms with E-state index < -0.39 is 0 Å². The second-order valence-electron chi connectivity index (χ2n) is 3.48. The fourth-order valence-electron chi connectivity index (χ4n) is 1.41. The summed E-state index contributed by atoms with van der Waals surface area (Å²) >= 11 is 6.93. The first-order valence-electron chi connectivity index (χ1n) is 5.13. The van der Waals surface area contributed by atoms with Crippen LogP contribution in [0.3, 0.4) is 0 Å². The Kier molecular flexibility index (Phi) is 4.52. The van der Waals surface area contributed by atoms with Crippen molar-refractivity contribution in [3.8, 4) is 9.88 Å². The third-order valence-electron chi connectivity index (χ3n) is 2.19. The fraction of sp³-hybridized carbons (Fsp3) is 0.364. The second-order valence-corrected chi connectivity index (χ2v) is 6.17. The molecule has 0 aromatic carbocycles. The molecule has 0 aliphatic carbocycles. The number of aromatic nitrogens is 1. The van der Waals surface area contributed by atoms with Gasteiger partial charge in [-0.25, -0.2) is 4.98 Å². The van der Waals surface area contributed by atoms with Crippen LogP contribution in [0.15, 0.2) is 21.3 Å². The molecule has 16 heavy (non-hydrogen) atoms. The molecule has 0 amide bonds. The highest BCUT2D eigenvalue weighted by molar-refractivity contribution is 9.10. The lowest BCUT2D eigenvalue weighted by Crippen LogP contribution is -2.08. The first-order valence-corrected chi connectivity index (χ1v) is 7.68. The molecule has 1 N–H and O–H groups in total. The first-order chi connectivity index (χ1) is 7.79. The molecule has 0 aliphatic rings. The van der Waals surface area contributed by atoms with Crippen LogP contribution in [-0.4, -0.2) is 18.6 Å².